The maximum atomic E-state index is 13.0. The number of anilines is 1. The van der Waals surface area contributed by atoms with Crippen LogP contribution < -0.4 is 14.8 Å². The zero-order chi connectivity index (χ0) is 22.1. The monoisotopic (exact) mass is 416 g/mol. The number of rotatable bonds is 4. The molecule has 0 radical (unpaired) electrons. The summed E-state index contributed by atoms with van der Waals surface area (Å²) in [6.45, 7) is 6.25. The first-order chi connectivity index (χ1) is 14.1. The summed E-state index contributed by atoms with van der Waals surface area (Å²) in [7, 11) is 4.88. The van der Waals surface area contributed by atoms with Crippen molar-refractivity contribution in [3.63, 3.8) is 0 Å². The van der Waals surface area contributed by atoms with E-state index in [9.17, 15) is 9.59 Å². The summed E-state index contributed by atoms with van der Waals surface area (Å²) in [6.07, 6.45) is 0.192. The van der Waals surface area contributed by atoms with E-state index < -0.39 is 11.7 Å². The normalized spacial score (nSPS) is 13.5. The van der Waals surface area contributed by atoms with Crippen molar-refractivity contribution in [2.24, 2.45) is 7.05 Å². The van der Waals surface area contributed by atoms with Gasteiger partial charge in [0.2, 0.25) is 0 Å². The summed E-state index contributed by atoms with van der Waals surface area (Å²) >= 11 is 0. The van der Waals surface area contributed by atoms with Crippen molar-refractivity contribution < 1.29 is 23.8 Å². The summed E-state index contributed by atoms with van der Waals surface area (Å²) in [5, 5.41) is 7.25. The molecule has 0 atom stereocenters. The molecule has 1 aliphatic heterocycles. The molecule has 0 saturated heterocycles. The van der Waals surface area contributed by atoms with Gasteiger partial charge in [0.15, 0.2) is 5.69 Å². The molecule has 1 aliphatic rings. The van der Waals surface area contributed by atoms with Gasteiger partial charge in [-0.3, -0.25) is 9.48 Å². The first-order valence-electron chi connectivity index (χ1n) is 9.69. The minimum absolute atomic E-state index is 0.264. The molecule has 2 heterocycles. The Morgan fingerprint density at radius 3 is 2.53 bits per heavy atom. The lowest BCUT2D eigenvalue weighted by atomic mass is 10.0. The minimum atomic E-state index is -0.586. The van der Waals surface area contributed by atoms with E-state index in [-0.39, 0.29) is 18.1 Å². The number of carbonyl (C=O) groups excluding carboxylic acids is 2. The number of carbonyl (C=O) groups is 2. The Bertz CT molecular complexity index is 961. The van der Waals surface area contributed by atoms with Crippen LogP contribution in [-0.4, -0.2) is 53.0 Å². The van der Waals surface area contributed by atoms with Gasteiger partial charge >= 0.3 is 6.09 Å². The summed E-state index contributed by atoms with van der Waals surface area (Å²) in [5.41, 5.74) is 1.85. The number of hydrogen-bond acceptors (Lipinski definition) is 6. The zero-order valence-corrected chi connectivity index (χ0v) is 18.2. The van der Waals surface area contributed by atoms with E-state index in [4.69, 9.17) is 14.2 Å². The third-order valence-electron chi connectivity index (χ3n) is 4.77. The van der Waals surface area contributed by atoms with Crippen LogP contribution in [0, 0.1) is 0 Å². The predicted molar refractivity (Wildman–Crippen MR) is 111 cm³/mol. The first-order valence-corrected chi connectivity index (χ1v) is 9.69. The molecule has 2 aromatic rings. The van der Waals surface area contributed by atoms with E-state index in [1.54, 1.807) is 41.9 Å². The maximum absolute atomic E-state index is 13.0. The molecule has 1 N–H and O–H groups in total. The molecule has 0 aliphatic carbocycles. The Balaban J connectivity index is 1.83. The van der Waals surface area contributed by atoms with Crippen LogP contribution in [0.5, 0.6) is 11.5 Å². The first kappa shape index (κ1) is 21.5. The van der Waals surface area contributed by atoms with Crippen LogP contribution in [0.25, 0.3) is 0 Å². The van der Waals surface area contributed by atoms with Crippen LogP contribution >= 0.6 is 0 Å². The minimum Gasteiger partial charge on any atom is -0.497 e. The molecular weight excluding hydrogens is 388 g/mol. The molecule has 2 amide bonds. The highest BCUT2D eigenvalue weighted by Gasteiger charge is 2.31. The summed E-state index contributed by atoms with van der Waals surface area (Å²) in [6, 6.07) is 5.13. The van der Waals surface area contributed by atoms with Gasteiger partial charge in [-0.2, -0.15) is 5.10 Å². The smallest absolute Gasteiger partial charge is 0.410 e. The maximum Gasteiger partial charge on any atom is 0.410 e. The lowest BCUT2D eigenvalue weighted by Crippen LogP contribution is -2.40. The Hall–Kier alpha value is -3.23. The van der Waals surface area contributed by atoms with Gasteiger partial charge in [0.25, 0.3) is 5.91 Å². The van der Waals surface area contributed by atoms with Crippen LogP contribution in [0.15, 0.2) is 18.2 Å². The number of amides is 2. The van der Waals surface area contributed by atoms with Crippen LogP contribution in [0.3, 0.4) is 0 Å². The number of ether oxygens (including phenoxy) is 3. The van der Waals surface area contributed by atoms with Crippen molar-refractivity contribution in [2.75, 3.05) is 26.1 Å². The summed E-state index contributed by atoms with van der Waals surface area (Å²) in [5.74, 6) is 0.720. The highest BCUT2D eigenvalue weighted by atomic mass is 16.6. The van der Waals surface area contributed by atoms with Crippen molar-refractivity contribution in [1.29, 1.82) is 0 Å². The van der Waals surface area contributed by atoms with Crippen LogP contribution in [-0.2, 0) is 24.8 Å². The molecule has 3 rings (SSSR count). The Labute approximate surface area is 175 Å². The van der Waals surface area contributed by atoms with Gasteiger partial charge in [0.1, 0.15) is 17.1 Å². The van der Waals surface area contributed by atoms with E-state index in [1.807, 2.05) is 20.8 Å². The largest absolute Gasteiger partial charge is 0.497 e. The number of methoxy groups -OCH3 is 2. The molecule has 0 fully saturated rings. The van der Waals surface area contributed by atoms with Gasteiger partial charge in [-0.1, -0.05) is 0 Å². The number of nitrogens with one attached hydrogen (secondary N) is 1. The van der Waals surface area contributed by atoms with E-state index in [0.717, 1.165) is 11.3 Å². The Morgan fingerprint density at radius 2 is 1.90 bits per heavy atom. The third-order valence-corrected chi connectivity index (χ3v) is 4.77. The second-order valence-corrected chi connectivity index (χ2v) is 8.07. The lowest BCUT2D eigenvalue weighted by Gasteiger charge is -2.30. The van der Waals surface area contributed by atoms with E-state index in [2.05, 4.69) is 10.4 Å². The fourth-order valence-electron chi connectivity index (χ4n) is 3.34. The SMILES string of the molecule is COc1ccc(NC(=O)c2nn(C)c3c2CN(C(=O)OC(C)(C)C)CC3)c(OC)c1. The molecule has 162 valence electrons. The standard InChI is InChI=1S/C21H28N4O5/c1-21(2,3)30-20(27)25-10-9-16-14(12-25)18(23-24(16)4)19(26)22-15-8-7-13(28-5)11-17(15)29-6/h7-8,11H,9-10,12H2,1-6H3,(H,22,26). The second-order valence-electron chi connectivity index (χ2n) is 8.07. The van der Waals surface area contributed by atoms with E-state index in [0.29, 0.717) is 30.2 Å². The van der Waals surface area contributed by atoms with E-state index >= 15 is 0 Å². The highest BCUT2D eigenvalue weighted by Crippen LogP contribution is 2.30. The fourth-order valence-corrected chi connectivity index (χ4v) is 3.34. The molecule has 9 nitrogen and oxygen atoms in total. The molecule has 0 saturated carbocycles. The Kier molecular flexibility index (Phi) is 5.91. The van der Waals surface area contributed by atoms with Crippen molar-refractivity contribution in [2.45, 2.75) is 39.3 Å². The van der Waals surface area contributed by atoms with Crippen molar-refractivity contribution in [3.05, 3.63) is 35.2 Å². The van der Waals surface area contributed by atoms with Crippen LogP contribution in [0.1, 0.15) is 42.5 Å². The molecule has 0 spiro atoms. The third kappa shape index (κ3) is 4.50. The van der Waals surface area contributed by atoms with Gasteiger partial charge in [-0.05, 0) is 32.9 Å². The molecule has 1 aromatic heterocycles. The molecule has 1 aromatic carbocycles. The van der Waals surface area contributed by atoms with Gasteiger partial charge in [-0.15, -0.1) is 0 Å². The topological polar surface area (TPSA) is 94.9 Å². The fraction of sp³-hybridized carbons (Fsp3) is 0.476. The molecule has 30 heavy (non-hydrogen) atoms. The van der Waals surface area contributed by atoms with Gasteiger partial charge in [0, 0.05) is 37.3 Å². The average molecular weight is 416 g/mol. The number of aryl methyl sites for hydroxylation is 1. The number of hydrogen-bond donors (Lipinski definition) is 1. The van der Waals surface area contributed by atoms with Crippen molar-refractivity contribution in [1.82, 2.24) is 14.7 Å². The average Bonchev–Trinajstić information content (AvgIpc) is 3.03. The van der Waals surface area contributed by atoms with Gasteiger partial charge in [-0.25, -0.2) is 4.79 Å². The highest BCUT2D eigenvalue weighted by molar-refractivity contribution is 6.05. The van der Waals surface area contributed by atoms with Crippen LogP contribution in [0.4, 0.5) is 10.5 Å². The van der Waals surface area contributed by atoms with Crippen molar-refractivity contribution in [3.8, 4) is 11.5 Å². The number of benzene rings is 1. The molecule has 9 heteroatoms. The predicted octanol–water partition coefficient (Wildman–Crippen LogP) is 2.98. The van der Waals surface area contributed by atoms with Crippen LogP contribution in [0.2, 0.25) is 0 Å². The van der Waals surface area contributed by atoms with E-state index in [1.165, 1.54) is 7.11 Å². The summed E-state index contributed by atoms with van der Waals surface area (Å²) in [4.78, 5) is 27.1. The molecule has 0 bridgehead atoms. The number of nitrogens with zero attached hydrogens (tertiary/aromatic N) is 3. The second kappa shape index (κ2) is 8.25. The lowest BCUT2D eigenvalue weighted by molar-refractivity contribution is 0.0222. The number of aromatic nitrogens is 2. The quantitative estimate of drug-likeness (QED) is 0.823. The Morgan fingerprint density at radius 1 is 1.17 bits per heavy atom. The van der Waals surface area contributed by atoms with Crippen molar-refractivity contribution >= 4 is 17.7 Å². The molecular formula is C21H28N4O5. The molecule has 0 unspecified atom stereocenters. The van der Waals surface area contributed by atoms with Gasteiger partial charge < -0.3 is 24.4 Å². The zero-order valence-electron chi connectivity index (χ0n) is 18.2. The summed E-state index contributed by atoms with van der Waals surface area (Å²) < 4.78 is 17.7. The van der Waals surface area contributed by atoms with Gasteiger partial charge in [0.05, 0.1) is 26.5 Å². The number of fused-ring (bicyclic) bond motifs is 1.